The number of nitrogens with one attached hydrogen (secondary N) is 4. The molecule has 1 saturated heterocycles. The molecule has 5 N–H and O–H groups in total. The van der Waals surface area contributed by atoms with Crippen molar-refractivity contribution in [3.05, 3.63) is 105 Å². The molecule has 49 heavy (non-hydrogen) atoms. The minimum atomic E-state index is -0.328. The summed E-state index contributed by atoms with van der Waals surface area (Å²) in [5, 5.41) is 21.9. The summed E-state index contributed by atoms with van der Waals surface area (Å²) in [5.74, 6) is -0.629. The lowest BCUT2D eigenvalue weighted by Gasteiger charge is -2.57. The summed E-state index contributed by atoms with van der Waals surface area (Å²) in [4.78, 5) is 38.4. The highest BCUT2D eigenvalue weighted by molar-refractivity contribution is 6.36. The second-order valence-electron chi connectivity index (χ2n) is 13.6. The maximum atomic E-state index is 13.6. The van der Waals surface area contributed by atoms with Gasteiger partial charge in [0.05, 0.1) is 23.0 Å². The van der Waals surface area contributed by atoms with E-state index in [0.717, 1.165) is 66.1 Å². The van der Waals surface area contributed by atoms with Crippen LogP contribution in [0.3, 0.4) is 0 Å². The van der Waals surface area contributed by atoms with Crippen molar-refractivity contribution in [2.75, 3.05) is 43.4 Å². The standard InChI is InChI=1S/C38H42ClN7O3/c1-23-15-33(43-34-20-46(13-11-27(23)34)26-16-38(17-26)21-41-22-38)37(49)45-31-8-4-6-29(35(31)39)28-5-3-7-30(24(28)2)44-36(48)32-10-9-25(19-42-32)18-40-12-14-47/h3-10,15,19,26,40-41,47H,11-14,16-18,20-22H2,1-2H3,(H,44,48)(H,45,49). The lowest BCUT2D eigenvalue weighted by atomic mass is 9.61. The zero-order valence-electron chi connectivity index (χ0n) is 27.9. The molecule has 2 fully saturated rings. The molecule has 0 atom stereocenters. The third-order valence-electron chi connectivity index (χ3n) is 10.3. The molecule has 2 aromatic carbocycles. The van der Waals surface area contributed by atoms with Crippen molar-refractivity contribution in [2.24, 2.45) is 5.41 Å². The van der Waals surface area contributed by atoms with Crippen molar-refractivity contribution in [1.29, 1.82) is 0 Å². The first-order valence-corrected chi connectivity index (χ1v) is 17.3. The lowest BCUT2D eigenvalue weighted by molar-refractivity contribution is -0.0414. The van der Waals surface area contributed by atoms with Gasteiger partial charge < -0.3 is 26.4 Å². The molecule has 2 aromatic heterocycles. The molecule has 4 aromatic rings. The minimum Gasteiger partial charge on any atom is -0.395 e. The normalized spacial score (nSPS) is 16.8. The number of aliphatic hydroxyl groups is 1. The van der Waals surface area contributed by atoms with Crippen LogP contribution in [-0.4, -0.2) is 70.6 Å². The molecule has 7 rings (SSSR count). The monoisotopic (exact) mass is 679 g/mol. The first-order valence-electron chi connectivity index (χ1n) is 17.0. The summed E-state index contributed by atoms with van der Waals surface area (Å²) in [6.07, 6.45) is 5.09. The molecular formula is C38H42ClN7O3. The average molecular weight is 680 g/mol. The van der Waals surface area contributed by atoms with Crippen molar-refractivity contribution in [3.8, 4) is 11.1 Å². The topological polar surface area (TPSA) is 132 Å². The summed E-state index contributed by atoms with van der Waals surface area (Å²) < 4.78 is 0. The van der Waals surface area contributed by atoms with Gasteiger partial charge in [0.15, 0.2) is 0 Å². The van der Waals surface area contributed by atoms with E-state index in [1.54, 1.807) is 18.3 Å². The number of aryl methyl sites for hydroxylation is 1. The number of fused-ring (bicyclic) bond motifs is 1. The van der Waals surface area contributed by atoms with Gasteiger partial charge in [0.25, 0.3) is 11.8 Å². The Kier molecular flexibility index (Phi) is 9.50. The van der Waals surface area contributed by atoms with Crippen LogP contribution in [0.4, 0.5) is 11.4 Å². The third kappa shape index (κ3) is 6.84. The summed E-state index contributed by atoms with van der Waals surface area (Å²) in [6.45, 7) is 9.18. The number of carbonyl (C=O) groups excluding carboxylic acids is 2. The van der Waals surface area contributed by atoms with Gasteiger partial charge in [0.2, 0.25) is 0 Å². The number of amides is 2. The minimum absolute atomic E-state index is 0.0568. The zero-order chi connectivity index (χ0) is 34.1. The highest BCUT2D eigenvalue weighted by Crippen LogP contribution is 2.47. The van der Waals surface area contributed by atoms with E-state index in [1.807, 2.05) is 49.4 Å². The number of rotatable bonds is 10. The summed E-state index contributed by atoms with van der Waals surface area (Å²) >= 11 is 6.96. The molecule has 254 valence electrons. The fourth-order valence-electron chi connectivity index (χ4n) is 7.40. The van der Waals surface area contributed by atoms with Crippen molar-refractivity contribution in [1.82, 2.24) is 25.5 Å². The van der Waals surface area contributed by atoms with Crippen LogP contribution >= 0.6 is 11.6 Å². The fraction of sp³-hybridized carbons (Fsp3) is 0.368. The number of hydrogen-bond donors (Lipinski definition) is 5. The molecular weight excluding hydrogens is 638 g/mol. The van der Waals surface area contributed by atoms with Gasteiger partial charge in [-0.25, -0.2) is 4.98 Å². The van der Waals surface area contributed by atoms with E-state index in [1.165, 1.54) is 18.4 Å². The van der Waals surface area contributed by atoms with E-state index < -0.39 is 0 Å². The smallest absolute Gasteiger partial charge is 0.274 e. The van der Waals surface area contributed by atoms with Crippen LogP contribution in [0.2, 0.25) is 5.02 Å². The first-order chi connectivity index (χ1) is 23.7. The number of anilines is 2. The quantitative estimate of drug-likeness (QED) is 0.146. The van der Waals surface area contributed by atoms with E-state index in [-0.39, 0.29) is 18.4 Å². The number of aliphatic hydroxyl groups excluding tert-OH is 1. The Morgan fingerprint density at radius 1 is 1.00 bits per heavy atom. The second kappa shape index (κ2) is 14.0. The van der Waals surface area contributed by atoms with Crippen LogP contribution in [0.5, 0.6) is 0 Å². The van der Waals surface area contributed by atoms with Crippen molar-refractivity contribution >= 4 is 34.8 Å². The molecule has 11 heteroatoms. The summed E-state index contributed by atoms with van der Waals surface area (Å²) in [7, 11) is 0. The number of nitrogens with zero attached hydrogens (tertiary/aromatic N) is 3. The average Bonchev–Trinajstić information content (AvgIpc) is 3.06. The highest BCUT2D eigenvalue weighted by atomic mass is 35.5. The summed E-state index contributed by atoms with van der Waals surface area (Å²) in [6, 6.07) is 17.2. The predicted octanol–water partition coefficient (Wildman–Crippen LogP) is 5.11. The van der Waals surface area contributed by atoms with Gasteiger partial charge >= 0.3 is 0 Å². The van der Waals surface area contributed by atoms with Crippen molar-refractivity contribution in [2.45, 2.75) is 52.2 Å². The largest absolute Gasteiger partial charge is 0.395 e. The third-order valence-corrected chi connectivity index (χ3v) is 10.7. The van der Waals surface area contributed by atoms with Crippen LogP contribution < -0.4 is 21.3 Å². The number of pyridine rings is 2. The Hall–Kier alpha value is -4.19. The van der Waals surface area contributed by atoms with Gasteiger partial charge in [-0.05, 0) is 90.6 Å². The Bertz CT molecular complexity index is 1890. The maximum absolute atomic E-state index is 13.6. The van der Waals surface area contributed by atoms with E-state index >= 15 is 0 Å². The maximum Gasteiger partial charge on any atom is 0.274 e. The second-order valence-corrected chi connectivity index (χ2v) is 14.0. The van der Waals surface area contributed by atoms with Crippen molar-refractivity contribution in [3.63, 3.8) is 0 Å². The van der Waals surface area contributed by atoms with E-state index in [4.69, 9.17) is 21.7 Å². The number of carbonyl (C=O) groups is 2. The van der Waals surface area contributed by atoms with Gasteiger partial charge in [0.1, 0.15) is 11.4 Å². The first kappa shape index (κ1) is 33.3. The molecule has 1 spiro atoms. The molecule has 0 radical (unpaired) electrons. The Labute approximate surface area is 291 Å². The molecule has 1 saturated carbocycles. The van der Waals surface area contributed by atoms with Crippen molar-refractivity contribution < 1.29 is 14.7 Å². The van der Waals surface area contributed by atoms with Gasteiger partial charge in [-0.15, -0.1) is 0 Å². The number of hydrogen-bond acceptors (Lipinski definition) is 8. The predicted molar refractivity (Wildman–Crippen MR) is 192 cm³/mol. The highest BCUT2D eigenvalue weighted by Gasteiger charge is 2.50. The fourth-order valence-corrected chi connectivity index (χ4v) is 7.68. The number of benzene rings is 2. The van der Waals surface area contributed by atoms with E-state index in [2.05, 4.69) is 38.1 Å². The van der Waals surface area contributed by atoms with Gasteiger partial charge in [-0.3, -0.25) is 19.5 Å². The molecule has 0 unspecified atom stereocenters. The van der Waals surface area contributed by atoms with E-state index in [9.17, 15) is 9.59 Å². The van der Waals surface area contributed by atoms with Crippen LogP contribution in [0.25, 0.3) is 11.1 Å². The SMILES string of the molecule is Cc1cc(C(=O)Nc2cccc(-c3cccc(NC(=O)c4ccc(CNCCO)cn4)c3C)c2Cl)nc2c1CCN(C1CC3(CNC3)C1)C2. The zero-order valence-corrected chi connectivity index (χ0v) is 28.7. The number of aromatic nitrogens is 2. The van der Waals surface area contributed by atoms with Crippen LogP contribution in [-0.2, 0) is 19.5 Å². The Morgan fingerprint density at radius 2 is 1.73 bits per heavy atom. The molecule has 2 aliphatic heterocycles. The molecule has 10 nitrogen and oxygen atoms in total. The molecule has 0 bridgehead atoms. The van der Waals surface area contributed by atoms with Gasteiger partial charge in [0, 0.05) is 62.8 Å². The van der Waals surface area contributed by atoms with Crippen LogP contribution in [0, 0.1) is 19.3 Å². The van der Waals surface area contributed by atoms with Gasteiger partial charge in [-0.2, -0.15) is 0 Å². The lowest BCUT2D eigenvalue weighted by Crippen LogP contribution is -2.65. The van der Waals surface area contributed by atoms with E-state index in [0.29, 0.717) is 52.3 Å². The molecule has 3 aliphatic rings. The van der Waals surface area contributed by atoms with Crippen LogP contribution in [0.1, 0.15) is 61.8 Å². The molecule has 2 amide bonds. The molecule has 4 heterocycles. The summed E-state index contributed by atoms with van der Waals surface area (Å²) in [5.41, 5.74) is 8.97. The van der Waals surface area contributed by atoms with Crippen LogP contribution in [0.15, 0.2) is 60.8 Å². The number of halogens is 1. The molecule has 1 aliphatic carbocycles. The Balaban J connectivity index is 1.05. The Morgan fingerprint density at radius 3 is 2.45 bits per heavy atom. The van der Waals surface area contributed by atoms with Gasteiger partial charge in [-0.1, -0.05) is 41.9 Å².